The number of benzene rings is 2. The van der Waals surface area contributed by atoms with Crippen molar-refractivity contribution in [2.75, 3.05) is 51.7 Å². The third-order valence-electron chi connectivity index (χ3n) is 8.45. The Bertz CT molecular complexity index is 1580. The Hall–Kier alpha value is -4.03. The van der Waals surface area contributed by atoms with E-state index in [9.17, 15) is 23.2 Å². The van der Waals surface area contributed by atoms with Gasteiger partial charge in [-0.1, -0.05) is 11.6 Å². The minimum absolute atomic E-state index is 0.0459. The number of ether oxygens (including phenoxy) is 1. The van der Waals surface area contributed by atoms with Gasteiger partial charge in [-0.2, -0.15) is 4.39 Å². The number of carbonyl (C=O) groups is 3. The highest BCUT2D eigenvalue weighted by molar-refractivity contribution is 6.34. The average Bonchev–Trinajstić information content (AvgIpc) is 3.26. The van der Waals surface area contributed by atoms with E-state index in [1.807, 2.05) is 4.90 Å². The zero-order valence-corrected chi connectivity index (χ0v) is 23.8. The quantitative estimate of drug-likeness (QED) is 0.452. The molecule has 0 bridgehead atoms. The third kappa shape index (κ3) is 4.88. The second-order valence-electron chi connectivity index (χ2n) is 10.7. The minimum atomic E-state index is -1.14. The van der Waals surface area contributed by atoms with E-state index < -0.39 is 17.5 Å². The smallest absolute Gasteiger partial charge is 0.291 e. The van der Waals surface area contributed by atoms with Crippen LogP contribution in [0.25, 0.3) is 11.3 Å². The molecule has 3 atom stereocenters. The molecule has 0 unspecified atom stereocenters. The van der Waals surface area contributed by atoms with Gasteiger partial charge in [0.15, 0.2) is 17.4 Å². The fraction of sp³-hybridized carbons (Fsp3) is 0.379. The van der Waals surface area contributed by atoms with Gasteiger partial charge in [0.2, 0.25) is 11.7 Å². The van der Waals surface area contributed by atoms with E-state index in [1.165, 1.54) is 49.2 Å². The average molecular weight is 599 g/mol. The van der Waals surface area contributed by atoms with Gasteiger partial charge < -0.3 is 29.7 Å². The summed E-state index contributed by atoms with van der Waals surface area (Å²) in [6.07, 6.45) is 1.27. The monoisotopic (exact) mass is 598 g/mol. The summed E-state index contributed by atoms with van der Waals surface area (Å²) in [6.45, 7) is 3.61. The zero-order valence-electron chi connectivity index (χ0n) is 23.0. The topological polar surface area (TPSA) is 109 Å². The standard InChI is InChI=1S/C29H29ClF2N6O4/c1-36-21(17-5-6-22(42-2)25(32)24(17)31)14-34-26(36)27(39)35-15-3-4-16(20(30)11-15)28(40)37-7-9-38(10-8-37)29(41)23-18-12-33-13-19(18)23/h3-6,11,14,18-19,23,33H,7-10,12-13H2,1-2H3,(H,35,39)/t18-,19+,23-. The van der Waals surface area contributed by atoms with Crippen molar-refractivity contribution >= 4 is 35.0 Å². The number of nitrogens with zero attached hydrogens (tertiary/aromatic N) is 4. The van der Waals surface area contributed by atoms with Crippen LogP contribution in [0.2, 0.25) is 5.02 Å². The molecule has 1 aromatic heterocycles. The lowest BCUT2D eigenvalue weighted by Gasteiger charge is -2.35. The summed E-state index contributed by atoms with van der Waals surface area (Å²) >= 11 is 6.45. The Morgan fingerprint density at radius 2 is 1.71 bits per heavy atom. The van der Waals surface area contributed by atoms with Crippen molar-refractivity contribution in [1.29, 1.82) is 0 Å². The first-order valence-corrected chi connectivity index (χ1v) is 14.0. The maximum atomic E-state index is 14.6. The highest BCUT2D eigenvalue weighted by Gasteiger charge is 2.58. The number of rotatable bonds is 6. The minimum Gasteiger partial charge on any atom is -0.494 e. The number of fused-ring (bicyclic) bond motifs is 1. The first-order chi connectivity index (χ1) is 20.2. The van der Waals surface area contributed by atoms with Crippen LogP contribution in [0.15, 0.2) is 36.5 Å². The normalized spacial score (nSPS) is 21.2. The molecular weight excluding hydrogens is 570 g/mol. The molecular formula is C29H29ClF2N6O4. The van der Waals surface area contributed by atoms with E-state index in [-0.39, 0.29) is 51.1 Å². The lowest BCUT2D eigenvalue weighted by molar-refractivity contribution is -0.134. The van der Waals surface area contributed by atoms with Crippen molar-refractivity contribution in [3.8, 4) is 17.0 Å². The van der Waals surface area contributed by atoms with Crippen LogP contribution in [0.5, 0.6) is 5.75 Å². The lowest BCUT2D eigenvalue weighted by atomic mass is 10.1. The third-order valence-corrected chi connectivity index (χ3v) is 8.76. The number of aromatic nitrogens is 2. The van der Waals surface area contributed by atoms with Gasteiger partial charge in [0, 0.05) is 50.4 Å². The molecule has 13 heteroatoms. The Morgan fingerprint density at radius 3 is 2.38 bits per heavy atom. The van der Waals surface area contributed by atoms with Crippen LogP contribution in [-0.2, 0) is 11.8 Å². The van der Waals surface area contributed by atoms with Gasteiger partial charge in [-0.3, -0.25) is 14.4 Å². The van der Waals surface area contributed by atoms with Gasteiger partial charge in [0.25, 0.3) is 11.8 Å². The van der Waals surface area contributed by atoms with Crippen LogP contribution in [-0.4, -0.2) is 83.5 Å². The summed E-state index contributed by atoms with van der Waals surface area (Å²) in [5.41, 5.74) is 0.726. The molecule has 3 heterocycles. The molecule has 2 N–H and O–H groups in total. The molecule has 42 heavy (non-hydrogen) atoms. The van der Waals surface area contributed by atoms with Crippen molar-refractivity contribution in [2.45, 2.75) is 0 Å². The van der Waals surface area contributed by atoms with Crippen LogP contribution < -0.4 is 15.4 Å². The molecule has 0 spiro atoms. The SMILES string of the molecule is COc1ccc(-c2cnc(C(=O)Nc3ccc(C(=O)N4CCN(C(=O)[C@@H]5[C@@H]6CNC[C@@H]65)CC4)c(Cl)c3)n2C)c(F)c1F. The van der Waals surface area contributed by atoms with Crippen LogP contribution >= 0.6 is 11.6 Å². The molecule has 1 saturated carbocycles. The van der Waals surface area contributed by atoms with Crippen LogP contribution in [0, 0.1) is 29.4 Å². The number of anilines is 1. The van der Waals surface area contributed by atoms with Crippen molar-refractivity contribution < 1.29 is 27.9 Å². The number of hydrogen-bond acceptors (Lipinski definition) is 6. The first-order valence-electron chi connectivity index (χ1n) is 13.6. The molecule has 2 saturated heterocycles. The Morgan fingerprint density at radius 1 is 1.02 bits per heavy atom. The number of halogens is 3. The molecule has 6 rings (SSSR count). The van der Waals surface area contributed by atoms with E-state index in [2.05, 4.69) is 15.6 Å². The Labute approximate surface area is 245 Å². The molecule has 3 aromatic rings. The van der Waals surface area contributed by atoms with Gasteiger partial charge in [0.1, 0.15) is 0 Å². The van der Waals surface area contributed by atoms with E-state index in [0.717, 1.165) is 13.1 Å². The van der Waals surface area contributed by atoms with Crippen molar-refractivity contribution in [3.63, 3.8) is 0 Å². The summed E-state index contributed by atoms with van der Waals surface area (Å²) in [5, 5.41) is 6.14. The molecule has 3 aliphatic rings. The van der Waals surface area contributed by atoms with E-state index in [1.54, 1.807) is 11.0 Å². The number of amides is 3. The zero-order chi connectivity index (χ0) is 29.7. The second-order valence-corrected chi connectivity index (χ2v) is 11.2. The maximum absolute atomic E-state index is 14.6. The van der Waals surface area contributed by atoms with Crippen molar-refractivity contribution in [3.05, 3.63) is 64.6 Å². The highest BCUT2D eigenvalue weighted by atomic mass is 35.5. The molecule has 1 aliphatic carbocycles. The van der Waals surface area contributed by atoms with Gasteiger partial charge in [-0.15, -0.1) is 0 Å². The van der Waals surface area contributed by atoms with Gasteiger partial charge in [0.05, 0.1) is 29.6 Å². The Balaban J connectivity index is 1.09. The fourth-order valence-corrected chi connectivity index (χ4v) is 6.27. The lowest BCUT2D eigenvalue weighted by Crippen LogP contribution is -2.51. The number of piperidine rings is 1. The highest BCUT2D eigenvalue weighted by Crippen LogP contribution is 2.49. The summed E-state index contributed by atoms with van der Waals surface area (Å²) in [6, 6.07) is 7.20. The number of nitrogens with one attached hydrogen (secondary N) is 2. The number of carbonyl (C=O) groups excluding carboxylic acids is 3. The summed E-state index contributed by atoms with van der Waals surface area (Å²) < 4.78 is 35.0. The van der Waals surface area contributed by atoms with Crippen molar-refractivity contribution in [2.24, 2.45) is 24.8 Å². The number of imidazole rings is 1. The molecule has 0 radical (unpaired) electrons. The van der Waals surface area contributed by atoms with E-state index in [0.29, 0.717) is 43.7 Å². The second kappa shape index (κ2) is 11.0. The van der Waals surface area contributed by atoms with Crippen LogP contribution in [0.4, 0.5) is 14.5 Å². The molecule has 2 aliphatic heterocycles. The number of hydrogen-bond donors (Lipinski definition) is 2. The van der Waals surface area contributed by atoms with E-state index in [4.69, 9.17) is 16.3 Å². The predicted molar refractivity (Wildman–Crippen MR) is 150 cm³/mol. The van der Waals surface area contributed by atoms with Crippen LogP contribution in [0.3, 0.4) is 0 Å². The largest absolute Gasteiger partial charge is 0.494 e. The maximum Gasteiger partial charge on any atom is 0.291 e. The van der Waals surface area contributed by atoms with Gasteiger partial charge >= 0.3 is 0 Å². The molecule has 220 valence electrons. The summed E-state index contributed by atoms with van der Waals surface area (Å²) in [4.78, 5) is 46.6. The molecule has 3 amide bonds. The molecule has 2 aromatic carbocycles. The molecule has 10 nitrogen and oxygen atoms in total. The van der Waals surface area contributed by atoms with E-state index >= 15 is 0 Å². The first kappa shape index (κ1) is 28.1. The molecule has 3 fully saturated rings. The summed E-state index contributed by atoms with van der Waals surface area (Å²) in [7, 11) is 2.74. The van der Waals surface area contributed by atoms with Gasteiger partial charge in [-0.25, -0.2) is 9.37 Å². The predicted octanol–water partition coefficient (Wildman–Crippen LogP) is 3.03. The number of piperazine rings is 1. The number of methoxy groups -OCH3 is 1. The van der Waals surface area contributed by atoms with Crippen LogP contribution in [0.1, 0.15) is 21.0 Å². The summed E-state index contributed by atoms with van der Waals surface area (Å²) in [5.74, 6) is -2.17. The van der Waals surface area contributed by atoms with Crippen molar-refractivity contribution in [1.82, 2.24) is 24.7 Å². The Kier molecular flexibility index (Phi) is 7.36. The van der Waals surface area contributed by atoms with Gasteiger partial charge in [-0.05, 0) is 55.3 Å². The fourth-order valence-electron chi connectivity index (χ4n) is 6.01.